The van der Waals surface area contributed by atoms with Crippen LogP contribution in [-0.2, 0) is 27.6 Å². The minimum Gasteiger partial charge on any atom is -0.507 e. The highest BCUT2D eigenvalue weighted by atomic mass is 32.2. The van der Waals surface area contributed by atoms with E-state index in [4.69, 9.17) is 4.74 Å². The fraction of sp³-hybridized carbons (Fsp3) is 0.174. The smallest absolute Gasteiger partial charge is 0.341 e. The van der Waals surface area contributed by atoms with Crippen molar-refractivity contribution in [3.63, 3.8) is 0 Å². The largest absolute Gasteiger partial charge is 0.507 e. The predicted octanol–water partition coefficient (Wildman–Crippen LogP) is 3.83. The lowest BCUT2D eigenvalue weighted by atomic mass is 10.0. The summed E-state index contributed by atoms with van der Waals surface area (Å²) in [6.07, 6.45) is 0.153. The van der Waals surface area contributed by atoms with E-state index in [2.05, 4.69) is 4.74 Å². The van der Waals surface area contributed by atoms with Gasteiger partial charge in [-0.15, -0.1) is 0 Å². The number of aromatic hydroxyl groups is 1. The number of sulfone groups is 1. The third-order valence-electron chi connectivity index (χ3n) is 5.17. The van der Waals surface area contributed by atoms with Crippen LogP contribution in [0.1, 0.15) is 32.3 Å². The Bertz CT molecular complexity index is 1220. The van der Waals surface area contributed by atoms with Crippen molar-refractivity contribution in [1.82, 2.24) is 0 Å². The van der Waals surface area contributed by atoms with E-state index in [0.717, 1.165) is 11.1 Å². The topological polar surface area (TPSA) is 89.9 Å². The van der Waals surface area contributed by atoms with Gasteiger partial charge in [-0.2, -0.15) is 0 Å². The Morgan fingerprint density at radius 1 is 1.07 bits per heavy atom. The summed E-state index contributed by atoms with van der Waals surface area (Å²) >= 11 is 0. The van der Waals surface area contributed by atoms with E-state index in [1.807, 2.05) is 30.3 Å². The summed E-state index contributed by atoms with van der Waals surface area (Å²) in [6, 6.07) is 18.2. The molecular formula is C23H20O6S. The Hall–Kier alpha value is -3.32. The van der Waals surface area contributed by atoms with Crippen LogP contribution in [0.5, 0.6) is 11.5 Å². The highest BCUT2D eigenvalue weighted by Gasteiger charge is 2.32. The van der Waals surface area contributed by atoms with Crippen LogP contribution in [-0.4, -0.2) is 26.6 Å². The zero-order valence-electron chi connectivity index (χ0n) is 16.2. The average Bonchev–Trinajstić information content (AvgIpc) is 2.75. The zero-order chi connectivity index (χ0) is 21.3. The first-order valence-electron chi connectivity index (χ1n) is 9.35. The maximum absolute atomic E-state index is 13.6. The van der Waals surface area contributed by atoms with E-state index in [-0.39, 0.29) is 29.2 Å². The van der Waals surface area contributed by atoms with Crippen molar-refractivity contribution >= 4 is 15.8 Å². The Morgan fingerprint density at radius 2 is 1.87 bits per heavy atom. The van der Waals surface area contributed by atoms with E-state index in [0.29, 0.717) is 11.3 Å². The molecule has 1 aliphatic rings. The van der Waals surface area contributed by atoms with Gasteiger partial charge in [0.1, 0.15) is 23.7 Å². The Balaban J connectivity index is 1.89. The van der Waals surface area contributed by atoms with Crippen molar-refractivity contribution in [2.45, 2.75) is 23.2 Å². The third kappa shape index (κ3) is 3.64. The molecule has 3 aromatic rings. The van der Waals surface area contributed by atoms with Gasteiger partial charge in [0, 0.05) is 0 Å². The number of esters is 1. The first-order chi connectivity index (χ1) is 14.4. The number of para-hydroxylation sites is 1. The maximum atomic E-state index is 13.6. The lowest BCUT2D eigenvalue weighted by Gasteiger charge is -2.22. The van der Waals surface area contributed by atoms with E-state index >= 15 is 0 Å². The molecule has 0 radical (unpaired) electrons. The van der Waals surface area contributed by atoms with Crippen LogP contribution in [0, 0.1) is 0 Å². The molecular weight excluding hydrogens is 404 g/mol. The summed E-state index contributed by atoms with van der Waals surface area (Å²) in [5, 5.41) is 9.36. The molecule has 1 atom stereocenters. The van der Waals surface area contributed by atoms with E-state index in [9.17, 15) is 18.3 Å². The molecule has 7 heteroatoms. The summed E-state index contributed by atoms with van der Waals surface area (Å²) < 4.78 is 37.8. The molecule has 30 heavy (non-hydrogen) atoms. The number of ether oxygens (including phenoxy) is 2. The van der Waals surface area contributed by atoms with Gasteiger partial charge in [0.25, 0.3) is 0 Å². The van der Waals surface area contributed by atoms with Crippen molar-refractivity contribution < 1.29 is 27.8 Å². The molecule has 0 fully saturated rings. The van der Waals surface area contributed by atoms with Crippen molar-refractivity contribution in [2.75, 3.05) is 7.11 Å². The van der Waals surface area contributed by atoms with Gasteiger partial charge in [-0.3, -0.25) is 0 Å². The number of rotatable bonds is 2. The minimum atomic E-state index is -3.80. The van der Waals surface area contributed by atoms with Gasteiger partial charge in [0.2, 0.25) is 0 Å². The summed E-state index contributed by atoms with van der Waals surface area (Å²) in [5.41, 5.74) is 1.84. The second-order valence-corrected chi connectivity index (χ2v) is 9.18. The van der Waals surface area contributed by atoms with Gasteiger partial charge in [0.15, 0.2) is 9.84 Å². The van der Waals surface area contributed by atoms with Crippen LogP contribution < -0.4 is 4.74 Å². The Labute approximate surface area is 174 Å². The normalized spacial score (nSPS) is 17.3. The molecule has 0 aliphatic carbocycles. The Morgan fingerprint density at radius 3 is 2.63 bits per heavy atom. The number of hydrogen-bond donors (Lipinski definition) is 1. The van der Waals surface area contributed by atoms with E-state index in [1.54, 1.807) is 18.2 Å². The molecule has 1 N–H and O–H groups in total. The molecule has 2 bridgehead atoms. The molecule has 4 rings (SSSR count). The number of carbonyl (C=O) groups is 1. The van der Waals surface area contributed by atoms with E-state index in [1.165, 1.54) is 25.3 Å². The number of hydrogen-bond acceptors (Lipinski definition) is 6. The first-order valence-corrected chi connectivity index (χ1v) is 10.9. The van der Waals surface area contributed by atoms with Crippen molar-refractivity contribution in [3.05, 3.63) is 89.0 Å². The molecule has 6 nitrogen and oxygen atoms in total. The highest BCUT2D eigenvalue weighted by Crippen LogP contribution is 2.37. The minimum absolute atomic E-state index is 0.0238. The maximum Gasteiger partial charge on any atom is 0.341 e. The second kappa shape index (κ2) is 7.84. The summed E-state index contributed by atoms with van der Waals surface area (Å²) in [5.74, 6) is -0.412. The fourth-order valence-electron chi connectivity index (χ4n) is 3.59. The van der Waals surface area contributed by atoms with Crippen molar-refractivity contribution in [1.29, 1.82) is 0 Å². The van der Waals surface area contributed by atoms with Crippen molar-refractivity contribution in [3.8, 4) is 11.5 Å². The molecule has 1 aliphatic heterocycles. The molecule has 0 amide bonds. The van der Waals surface area contributed by atoms with Gasteiger partial charge >= 0.3 is 5.97 Å². The van der Waals surface area contributed by atoms with Gasteiger partial charge in [-0.25, -0.2) is 13.2 Å². The Kier molecular flexibility index (Phi) is 5.22. The van der Waals surface area contributed by atoms with Crippen LogP contribution in [0.15, 0.2) is 71.6 Å². The molecule has 154 valence electrons. The van der Waals surface area contributed by atoms with Crippen LogP contribution in [0.2, 0.25) is 0 Å². The zero-order valence-corrected chi connectivity index (χ0v) is 17.1. The molecule has 3 aromatic carbocycles. The monoisotopic (exact) mass is 424 g/mol. The van der Waals surface area contributed by atoms with Crippen LogP contribution in [0.4, 0.5) is 0 Å². The summed E-state index contributed by atoms with van der Waals surface area (Å²) in [4.78, 5) is 12.0. The lowest BCUT2D eigenvalue weighted by molar-refractivity contribution is 0.0597. The number of benzene rings is 3. The van der Waals surface area contributed by atoms with E-state index < -0.39 is 21.1 Å². The van der Waals surface area contributed by atoms with Gasteiger partial charge in [-0.1, -0.05) is 36.4 Å². The molecule has 0 aromatic heterocycles. The average molecular weight is 424 g/mol. The lowest BCUT2D eigenvalue weighted by Crippen LogP contribution is -2.18. The quantitative estimate of drug-likeness (QED) is 0.629. The van der Waals surface area contributed by atoms with Gasteiger partial charge in [0.05, 0.1) is 17.3 Å². The fourth-order valence-corrected chi connectivity index (χ4v) is 5.41. The number of fused-ring (bicyclic) bond motifs is 3. The number of phenolic OH excluding ortho intramolecular Hbond substituents is 1. The molecule has 0 saturated carbocycles. The third-order valence-corrected chi connectivity index (χ3v) is 7.27. The molecule has 0 saturated heterocycles. The van der Waals surface area contributed by atoms with Crippen molar-refractivity contribution in [2.24, 2.45) is 0 Å². The molecule has 1 heterocycles. The number of phenols is 1. The predicted molar refractivity (Wildman–Crippen MR) is 110 cm³/mol. The van der Waals surface area contributed by atoms with Gasteiger partial charge in [-0.05, 0) is 53.4 Å². The summed E-state index contributed by atoms with van der Waals surface area (Å²) in [7, 11) is -2.58. The standard InChI is InChI=1S/C23H20O6S/c1-28-23(25)19-10-9-17(12-20(19)24)22-13-16-6-2-3-8-21(16)29-14-15-5-4-7-18(11-15)30(22,26)27/h2-12,22,24H,13-14H2,1H3. The summed E-state index contributed by atoms with van der Waals surface area (Å²) in [6.45, 7) is 0.264. The first kappa shape index (κ1) is 20.0. The molecule has 0 spiro atoms. The second-order valence-electron chi connectivity index (χ2n) is 7.05. The number of carbonyl (C=O) groups excluding carboxylic acids is 1. The van der Waals surface area contributed by atoms with Crippen LogP contribution >= 0.6 is 0 Å². The SMILES string of the molecule is COC(=O)c1ccc(C2Cc3ccccc3OCc3cccc(c3)S2(=O)=O)cc1O. The van der Waals surface area contributed by atoms with Crippen LogP contribution in [0.3, 0.4) is 0 Å². The molecule has 1 unspecified atom stereocenters. The van der Waals surface area contributed by atoms with Crippen LogP contribution in [0.25, 0.3) is 0 Å². The highest BCUT2D eigenvalue weighted by molar-refractivity contribution is 7.91. The van der Waals surface area contributed by atoms with Gasteiger partial charge < -0.3 is 14.6 Å². The number of methoxy groups -OCH3 is 1.